The van der Waals surface area contributed by atoms with Crippen LogP contribution in [-0.2, 0) is 6.61 Å². The van der Waals surface area contributed by atoms with Gasteiger partial charge in [0.25, 0.3) is 0 Å². The molecule has 0 fully saturated rings. The van der Waals surface area contributed by atoms with Gasteiger partial charge in [0, 0.05) is 5.56 Å². The summed E-state index contributed by atoms with van der Waals surface area (Å²) in [5, 5.41) is 14.7. The van der Waals surface area contributed by atoms with Crippen molar-refractivity contribution in [3.05, 3.63) is 81.0 Å². The first-order valence-electron chi connectivity index (χ1n) is 8.91. The number of ether oxygens (including phenoxy) is 2. The Hall–Kier alpha value is -3.68. The average molecular weight is 398 g/mol. The van der Waals surface area contributed by atoms with Gasteiger partial charge in [-0.2, -0.15) is 0 Å². The molecule has 1 aromatic heterocycles. The van der Waals surface area contributed by atoms with E-state index in [4.69, 9.17) is 14.0 Å². The number of nitrogens with zero attached hydrogens (tertiary/aromatic N) is 2. The standard InChI is InChI=1S/C21H19FN2O5/c1-3-27-20-12-15(9-11-19-21(24(25)26)14(2)23-29-19)8-10-18(20)28-13-16-6-4-5-7-17(16)22/h4-12H,3,13H2,1-2H3/b11-9-. The second-order valence-corrected chi connectivity index (χ2v) is 6.09. The van der Waals surface area contributed by atoms with Crippen LogP contribution < -0.4 is 9.47 Å². The van der Waals surface area contributed by atoms with E-state index in [0.717, 1.165) is 5.56 Å². The summed E-state index contributed by atoms with van der Waals surface area (Å²) in [7, 11) is 0. The van der Waals surface area contributed by atoms with Crippen LogP contribution in [0.15, 0.2) is 47.0 Å². The van der Waals surface area contributed by atoms with Crippen molar-refractivity contribution in [3.8, 4) is 11.5 Å². The lowest BCUT2D eigenvalue weighted by Gasteiger charge is -2.13. The molecule has 0 aliphatic carbocycles. The molecule has 0 atom stereocenters. The van der Waals surface area contributed by atoms with Crippen molar-refractivity contribution >= 4 is 17.8 Å². The molecule has 0 spiro atoms. The van der Waals surface area contributed by atoms with Gasteiger partial charge < -0.3 is 14.0 Å². The molecular weight excluding hydrogens is 379 g/mol. The number of benzene rings is 2. The van der Waals surface area contributed by atoms with Gasteiger partial charge in [0.05, 0.1) is 11.5 Å². The molecule has 0 radical (unpaired) electrons. The first-order valence-corrected chi connectivity index (χ1v) is 8.91. The molecule has 2 aromatic carbocycles. The molecule has 3 rings (SSSR count). The smallest absolute Gasteiger partial charge is 0.338 e. The van der Waals surface area contributed by atoms with Gasteiger partial charge in [-0.25, -0.2) is 4.39 Å². The first kappa shape index (κ1) is 20.1. The molecular formula is C21H19FN2O5. The highest BCUT2D eigenvalue weighted by Gasteiger charge is 2.21. The van der Waals surface area contributed by atoms with E-state index < -0.39 is 4.92 Å². The van der Waals surface area contributed by atoms with Crippen molar-refractivity contribution < 1.29 is 23.3 Å². The largest absolute Gasteiger partial charge is 0.490 e. The van der Waals surface area contributed by atoms with E-state index in [0.29, 0.717) is 23.7 Å². The third-order valence-corrected chi connectivity index (χ3v) is 4.08. The number of aromatic nitrogens is 1. The Balaban J connectivity index is 1.80. The van der Waals surface area contributed by atoms with Crippen molar-refractivity contribution in [1.82, 2.24) is 5.16 Å². The van der Waals surface area contributed by atoms with Crippen LogP contribution in [0.4, 0.5) is 10.1 Å². The van der Waals surface area contributed by atoms with Gasteiger partial charge in [0.1, 0.15) is 12.4 Å². The molecule has 3 aromatic rings. The lowest BCUT2D eigenvalue weighted by molar-refractivity contribution is -0.386. The fourth-order valence-electron chi connectivity index (χ4n) is 2.67. The highest BCUT2D eigenvalue weighted by Crippen LogP contribution is 2.31. The number of rotatable bonds is 8. The van der Waals surface area contributed by atoms with Gasteiger partial charge >= 0.3 is 5.69 Å². The van der Waals surface area contributed by atoms with E-state index in [1.807, 2.05) is 6.92 Å². The Kier molecular flexibility index (Phi) is 6.23. The molecule has 0 N–H and O–H groups in total. The molecule has 1 heterocycles. The number of halogens is 1. The molecule has 0 aliphatic heterocycles. The third kappa shape index (κ3) is 4.78. The van der Waals surface area contributed by atoms with E-state index >= 15 is 0 Å². The maximum Gasteiger partial charge on any atom is 0.338 e. The summed E-state index contributed by atoms with van der Waals surface area (Å²) in [6.07, 6.45) is 3.12. The quantitative estimate of drug-likeness (QED) is 0.384. The minimum Gasteiger partial charge on any atom is -0.490 e. The maximum absolute atomic E-state index is 13.8. The monoisotopic (exact) mass is 398 g/mol. The van der Waals surface area contributed by atoms with Crippen LogP contribution in [0.25, 0.3) is 12.2 Å². The molecule has 29 heavy (non-hydrogen) atoms. The number of aryl methyl sites for hydroxylation is 1. The summed E-state index contributed by atoms with van der Waals surface area (Å²) in [4.78, 5) is 10.6. The van der Waals surface area contributed by atoms with Crippen molar-refractivity contribution in [3.63, 3.8) is 0 Å². The molecule has 7 nitrogen and oxygen atoms in total. The summed E-state index contributed by atoms with van der Waals surface area (Å²) in [5.74, 6) is 0.669. The second kappa shape index (κ2) is 9.01. The summed E-state index contributed by atoms with van der Waals surface area (Å²) < 4.78 is 30.1. The van der Waals surface area contributed by atoms with Gasteiger partial charge in [-0.15, -0.1) is 0 Å². The summed E-state index contributed by atoms with van der Waals surface area (Å²) >= 11 is 0. The first-order chi connectivity index (χ1) is 14.0. The summed E-state index contributed by atoms with van der Waals surface area (Å²) in [6, 6.07) is 11.6. The van der Waals surface area contributed by atoms with E-state index in [2.05, 4.69) is 5.16 Å². The number of hydrogen-bond acceptors (Lipinski definition) is 6. The Morgan fingerprint density at radius 3 is 2.69 bits per heavy atom. The molecule has 8 heteroatoms. The lowest BCUT2D eigenvalue weighted by atomic mass is 10.1. The minimum absolute atomic E-state index is 0.0605. The van der Waals surface area contributed by atoms with Gasteiger partial charge in [-0.05, 0) is 43.7 Å². The topological polar surface area (TPSA) is 87.6 Å². The lowest BCUT2D eigenvalue weighted by Crippen LogP contribution is -2.01. The Morgan fingerprint density at radius 1 is 1.17 bits per heavy atom. The summed E-state index contributed by atoms with van der Waals surface area (Å²) in [5.41, 5.74) is 1.19. The van der Waals surface area contributed by atoms with Crippen LogP contribution in [0.5, 0.6) is 11.5 Å². The molecule has 150 valence electrons. The maximum atomic E-state index is 13.8. The average Bonchev–Trinajstić information content (AvgIpc) is 3.07. The number of nitro groups is 1. The van der Waals surface area contributed by atoms with Gasteiger partial charge in [0.2, 0.25) is 5.76 Å². The SMILES string of the molecule is CCOc1cc(/C=C\c2onc(C)c2[N+](=O)[O-])ccc1OCc1ccccc1F. The van der Waals surface area contributed by atoms with Gasteiger partial charge in [-0.3, -0.25) is 10.1 Å². The van der Waals surface area contributed by atoms with Crippen LogP contribution in [0.1, 0.15) is 29.5 Å². The fraction of sp³-hybridized carbons (Fsp3) is 0.190. The normalized spacial score (nSPS) is 11.0. The molecule has 0 saturated heterocycles. The van der Waals surface area contributed by atoms with E-state index in [1.165, 1.54) is 19.1 Å². The summed E-state index contributed by atoms with van der Waals surface area (Å²) in [6.45, 7) is 3.82. The molecule has 0 bridgehead atoms. The van der Waals surface area contributed by atoms with Crippen LogP contribution in [-0.4, -0.2) is 16.7 Å². The number of hydrogen-bond donors (Lipinski definition) is 0. The van der Waals surface area contributed by atoms with E-state index in [-0.39, 0.29) is 29.6 Å². The zero-order chi connectivity index (χ0) is 20.8. The van der Waals surface area contributed by atoms with Gasteiger partial charge in [0.15, 0.2) is 17.2 Å². The minimum atomic E-state index is -0.531. The predicted molar refractivity (Wildman–Crippen MR) is 105 cm³/mol. The van der Waals surface area contributed by atoms with E-state index in [9.17, 15) is 14.5 Å². The van der Waals surface area contributed by atoms with Crippen LogP contribution in [0, 0.1) is 22.9 Å². The van der Waals surface area contributed by atoms with Crippen LogP contribution >= 0.6 is 0 Å². The van der Waals surface area contributed by atoms with Crippen molar-refractivity contribution in [2.45, 2.75) is 20.5 Å². The molecule has 0 saturated carbocycles. The molecule has 0 unspecified atom stereocenters. The highest BCUT2D eigenvalue weighted by atomic mass is 19.1. The zero-order valence-electron chi connectivity index (χ0n) is 15.9. The Morgan fingerprint density at radius 2 is 1.97 bits per heavy atom. The van der Waals surface area contributed by atoms with E-state index in [1.54, 1.807) is 42.5 Å². The van der Waals surface area contributed by atoms with Crippen LogP contribution in [0.3, 0.4) is 0 Å². The molecule has 0 amide bonds. The third-order valence-electron chi connectivity index (χ3n) is 4.08. The zero-order valence-corrected chi connectivity index (χ0v) is 15.9. The van der Waals surface area contributed by atoms with Gasteiger partial charge in [-0.1, -0.05) is 35.5 Å². The van der Waals surface area contributed by atoms with Crippen LogP contribution in [0.2, 0.25) is 0 Å². The second-order valence-electron chi connectivity index (χ2n) is 6.09. The van der Waals surface area contributed by atoms with Crippen molar-refractivity contribution in [1.29, 1.82) is 0 Å². The Labute approximate surface area is 166 Å². The van der Waals surface area contributed by atoms with Crippen molar-refractivity contribution in [2.24, 2.45) is 0 Å². The fourth-order valence-corrected chi connectivity index (χ4v) is 2.67. The van der Waals surface area contributed by atoms with Crippen molar-refractivity contribution in [2.75, 3.05) is 6.61 Å². The highest BCUT2D eigenvalue weighted by molar-refractivity contribution is 5.72. The molecule has 0 aliphatic rings. The predicted octanol–water partition coefficient (Wildman–Crippen LogP) is 5.18. The Bertz CT molecular complexity index is 1050.